The van der Waals surface area contributed by atoms with Gasteiger partial charge in [-0.2, -0.15) is 0 Å². The molecule has 1 amide bonds. The van der Waals surface area contributed by atoms with E-state index in [0.29, 0.717) is 55.9 Å². The van der Waals surface area contributed by atoms with E-state index in [-0.39, 0.29) is 12.0 Å². The Kier molecular flexibility index (Phi) is 5.74. The largest absolute Gasteiger partial charge is 0.487 e. The summed E-state index contributed by atoms with van der Waals surface area (Å²) in [6.07, 6.45) is 5.72. The third kappa shape index (κ3) is 4.22. The minimum atomic E-state index is -0.561. The molecule has 164 valence electrons. The van der Waals surface area contributed by atoms with Gasteiger partial charge in [-0.15, -0.1) is 0 Å². The number of para-hydroxylation sites is 1. The first kappa shape index (κ1) is 20.2. The Morgan fingerprint density at radius 1 is 1.10 bits per heavy atom. The number of carbonyl (C=O) groups is 1. The number of carbonyl (C=O) groups excluding carboxylic acids is 1. The number of benzene rings is 1. The highest BCUT2D eigenvalue weighted by Gasteiger charge is 2.43. The van der Waals surface area contributed by atoms with Crippen LogP contribution in [-0.2, 0) is 4.74 Å². The van der Waals surface area contributed by atoms with Crippen molar-refractivity contribution in [3.8, 4) is 5.75 Å². The lowest BCUT2D eigenvalue weighted by molar-refractivity contribution is -0.0237. The Balaban J connectivity index is 1.28. The number of aliphatic hydroxyl groups is 1. The molecular formula is C23H28N4O4. The first-order valence-corrected chi connectivity index (χ1v) is 11.0. The molecule has 5 rings (SSSR count). The summed E-state index contributed by atoms with van der Waals surface area (Å²) in [4.78, 5) is 25.7. The van der Waals surface area contributed by atoms with Gasteiger partial charge >= 0.3 is 0 Å². The molecule has 1 aliphatic carbocycles. The molecule has 1 N–H and O–H groups in total. The lowest BCUT2D eigenvalue weighted by atomic mass is 9.78. The highest BCUT2D eigenvalue weighted by Crippen LogP contribution is 2.39. The minimum Gasteiger partial charge on any atom is -0.487 e. The van der Waals surface area contributed by atoms with Gasteiger partial charge in [0.1, 0.15) is 17.7 Å². The van der Waals surface area contributed by atoms with Gasteiger partial charge in [0.05, 0.1) is 31.1 Å². The molecule has 1 aromatic heterocycles. The number of morpholine rings is 1. The monoisotopic (exact) mass is 424 g/mol. The van der Waals surface area contributed by atoms with Crippen molar-refractivity contribution in [2.24, 2.45) is 11.8 Å². The maximum absolute atomic E-state index is 13.0. The molecule has 0 radical (unpaired) electrons. The van der Waals surface area contributed by atoms with E-state index in [0.717, 1.165) is 25.3 Å². The number of hydrogen-bond donors (Lipinski definition) is 1. The number of ether oxygens (including phenoxy) is 2. The summed E-state index contributed by atoms with van der Waals surface area (Å²) in [7, 11) is 0. The molecule has 3 heterocycles. The van der Waals surface area contributed by atoms with Gasteiger partial charge in [0.2, 0.25) is 0 Å². The van der Waals surface area contributed by atoms with Crippen LogP contribution in [0, 0.1) is 11.8 Å². The predicted molar refractivity (Wildman–Crippen MR) is 114 cm³/mol. The van der Waals surface area contributed by atoms with Crippen LogP contribution >= 0.6 is 0 Å². The molecular weight excluding hydrogens is 396 g/mol. The molecule has 2 aliphatic heterocycles. The summed E-state index contributed by atoms with van der Waals surface area (Å²) >= 11 is 0. The maximum atomic E-state index is 13.0. The van der Waals surface area contributed by atoms with Crippen LogP contribution < -0.4 is 9.64 Å². The van der Waals surface area contributed by atoms with Crippen molar-refractivity contribution in [2.75, 3.05) is 44.3 Å². The number of hydrogen-bond acceptors (Lipinski definition) is 7. The number of rotatable bonds is 4. The average Bonchev–Trinajstić information content (AvgIpc) is 3.23. The average molecular weight is 425 g/mol. The van der Waals surface area contributed by atoms with Crippen LogP contribution in [0.3, 0.4) is 0 Å². The van der Waals surface area contributed by atoms with E-state index >= 15 is 0 Å². The normalized spacial score (nSPS) is 28.3. The molecule has 1 saturated carbocycles. The number of aliphatic hydroxyl groups excluding tert-OH is 1. The lowest BCUT2D eigenvalue weighted by Gasteiger charge is -2.35. The van der Waals surface area contributed by atoms with Crippen LogP contribution in [0.15, 0.2) is 42.9 Å². The number of nitrogens with zero attached hydrogens (tertiary/aromatic N) is 4. The van der Waals surface area contributed by atoms with Crippen LogP contribution in [0.2, 0.25) is 0 Å². The Labute approximate surface area is 181 Å². The molecule has 8 heteroatoms. The molecule has 2 saturated heterocycles. The van der Waals surface area contributed by atoms with Crippen LogP contribution in [0.1, 0.15) is 23.2 Å². The molecule has 0 bridgehead atoms. The molecule has 3 aliphatic rings. The van der Waals surface area contributed by atoms with Crippen molar-refractivity contribution < 1.29 is 19.4 Å². The van der Waals surface area contributed by atoms with E-state index in [9.17, 15) is 9.90 Å². The fourth-order valence-corrected chi connectivity index (χ4v) is 5.00. The van der Waals surface area contributed by atoms with Gasteiger partial charge in [0.25, 0.3) is 5.91 Å². The van der Waals surface area contributed by atoms with E-state index in [4.69, 9.17) is 9.47 Å². The second-order valence-electron chi connectivity index (χ2n) is 8.58. The van der Waals surface area contributed by atoms with Crippen molar-refractivity contribution in [3.05, 3.63) is 48.4 Å². The summed E-state index contributed by atoms with van der Waals surface area (Å²) in [5.41, 5.74) is 0.548. The van der Waals surface area contributed by atoms with Crippen molar-refractivity contribution in [2.45, 2.75) is 25.0 Å². The van der Waals surface area contributed by atoms with Gasteiger partial charge < -0.3 is 24.4 Å². The lowest BCUT2D eigenvalue weighted by Crippen LogP contribution is -2.43. The van der Waals surface area contributed by atoms with E-state index in [1.807, 2.05) is 18.2 Å². The van der Waals surface area contributed by atoms with E-state index in [1.54, 1.807) is 29.6 Å². The number of fused-ring (bicyclic) bond motifs is 1. The van der Waals surface area contributed by atoms with Crippen LogP contribution in [0.25, 0.3) is 0 Å². The van der Waals surface area contributed by atoms with E-state index in [1.165, 1.54) is 0 Å². The van der Waals surface area contributed by atoms with Gasteiger partial charge in [0, 0.05) is 38.6 Å². The summed E-state index contributed by atoms with van der Waals surface area (Å²) in [6.45, 7) is 4.04. The van der Waals surface area contributed by atoms with Crippen molar-refractivity contribution in [1.29, 1.82) is 0 Å². The highest BCUT2D eigenvalue weighted by atomic mass is 16.5. The predicted octanol–water partition coefficient (Wildman–Crippen LogP) is 1.60. The smallest absolute Gasteiger partial charge is 0.257 e. The van der Waals surface area contributed by atoms with Gasteiger partial charge in [-0.05, 0) is 36.8 Å². The zero-order valence-corrected chi connectivity index (χ0v) is 17.5. The summed E-state index contributed by atoms with van der Waals surface area (Å²) in [6, 6.07) is 7.35. The zero-order chi connectivity index (χ0) is 21.2. The van der Waals surface area contributed by atoms with Crippen LogP contribution in [0.4, 0.5) is 5.82 Å². The zero-order valence-electron chi connectivity index (χ0n) is 17.5. The van der Waals surface area contributed by atoms with E-state index in [2.05, 4.69) is 14.9 Å². The minimum absolute atomic E-state index is 0.0447. The van der Waals surface area contributed by atoms with Crippen molar-refractivity contribution in [3.63, 3.8) is 0 Å². The van der Waals surface area contributed by atoms with E-state index < -0.39 is 6.10 Å². The standard InChI is InChI=1S/C23H28N4O4/c28-19-11-16-14-27(22-13-24-5-6-25-22)15-17(16)12-21(19)31-20-4-2-1-3-18(20)23(29)26-7-9-30-10-8-26/h1-6,13,16-17,19,21,28H,7-12,14-15H2/t16-,17+,19+,21+/m0/s1. The number of anilines is 1. The van der Waals surface area contributed by atoms with Gasteiger partial charge in [0.15, 0.2) is 0 Å². The molecule has 3 fully saturated rings. The second-order valence-corrected chi connectivity index (χ2v) is 8.58. The number of aromatic nitrogens is 2. The number of amides is 1. The van der Waals surface area contributed by atoms with Gasteiger partial charge in [-0.3, -0.25) is 9.78 Å². The molecule has 1 aromatic carbocycles. The van der Waals surface area contributed by atoms with Crippen molar-refractivity contribution in [1.82, 2.24) is 14.9 Å². The third-order valence-electron chi connectivity index (χ3n) is 6.65. The fraction of sp³-hybridized carbons (Fsp3) is 0.522. The van der Waals surface area contributed by atoms with Crippen LogP contribution in [-0.4, -0.2) is 77.5 Å². The third-order valence-corrected chi connectivity index (χ3v) is 6.65. The highest BCUT2D eigenvalue weighted by molar-refractivity contribution is 5.97. The summed E-state index contributed by atoms with van der Waals surface area (Å²) in [5, 5.41) is 10.8. The Hall–Kier alpha value is -2.71. The molecule has 0 spiro atoms. The van der Waals surface area contributed by atoms with Gasteiger partial charge in [-0.25, -0.2) is 4.98 Å². The fourth-order valence-electron chi connectivity index (χ4n) is 5.00. The maximum Gasteiger partial charge on any atom is 0.257 e. The Morgan fingerprint density at radius 3 is 2.65 bits per heavy atom. The van der Waals surface area contributed by atoms with Gasteiger partial charge in [-0.1, -0.05) is 12.1 Å². The molecule has 4 atom stereocenters. The first-order chi connectivity index (χ1) is 15.2. The summed E-state index contributed by atoms with van der Waals surface area (Å²) < 4.78 is 11.6. The van der Waals surface area contributed by atoms with Crippen LogP contribution in [0.5, 0.6) is 5.75 Å². The Bertz CT molecular complexity index is 905. The molecule has 2 aromatic rings. The quantitative estimate of drug-likeness (QED) is 0.798. The second kappa shape index (κ2) is 8.80. The summed E-state index contributed by atoms with van der Waals surface area (Å²) in [5.74, 6) is 2.20. The first-order valence-electron chi connectivity index (χ1n) is 11.0. The molecule has 0 unspecified atom stereocenters. The molecule has 8 nitrogen and oxygen atoms in total. The Morgan fingerprint density at radius 2 is 1.87 bits per heavy atom. The SMILES string of the molecule is O=C(c1ccccc1O[C@@H]1C[C@@H]2CN(c3cnccn3)C[C@@H]2C[C@H]1O)N1CCOCC1. The topological polar surface area (TPSA) is 88.0 Å². The van der Waals surface area contributed by atoms with Crippen molar-refractivity contribution >= 4 is 11.7 Å². The molecule has 31 heavy (non-hydrogen) atoms.